The van der Waals surface area contributed by atoms with Crippen molar-refractivity contribution in [2.75, 3.05) is 0 Å². The molecule has 0 saturated heterocycles. The van der Waals surface area contributed by atoms with Gasteiger partial charge in [-0.1, -0.05) is 80.3 Å². The molecule has 0 N–H and O–H groups in total. The Hall–Kier alpha value is -5.02. The molecule has 236 valence electrons. The first-order valence-electron chi connectivity index (χ1n) is 18.4. The maximum atomic E-state index is 14.1. The Morgan fingerprint density at radius 1 is 0.469 bits per heavy atom. The van der Waals surface area contributed by atoms with Crippen LogP contribution in [0, 0.1) is 10.8 Å². The molecule has 12 rings (SSSR count). The molecule has 0 aliphatic heterocycles. The highest BCUT2D eigenvalue weighted by molar-refractivity contribution is 6.27. The minimum Gasteiger partial charge on any atom is -0.308 e. The topological polar surface area (TPSA) is 38.5 Å². The molecule has 0 atom stereocenters. The van der Waals surface area contributed by atoms with Crippen molar-refractivity contribution in [3.63, 3.8) is 0 Å². The average Bonchev–Trinajstić information content (AvgIpc) is 3.99. The van der Waals surface area contributed by atoms with Crippen molar-refractivity contribution in [2.45, 2.75) is 64.2 Å². The summed E-state index contributed by atoms with van der Waals surface area (Å²) in [5.74, 6) is 0.712. The van der Waals surface area contributed by atoms with Crippen LogP contribution in [0.1, 0.15) is 83.2 Å². The lowest BCUT2D eigenvalue weighted by Crippen LogP contribution is -2.23. The second kappa shape index (κ2) is 8.95. The van der Waals surface area contributed by atoms with E-state index in [9.17, 15) is 9.59 Å². The van der Waals surface area contributed by atoms with Crippen LogP contribution in [0.2, 0.25) is 0 Å². The molecule has 6 aromatic carbocycles. The molecule has 3 heteroatoms. The van der Waals surface area contributed by atoms with Crippen LogP contribution in [0.5, 0.6) is 0 Å². The predicted octanol–water partition coefficient (Wildman–Crippen LogP) is 11.4. The Labute approximate surface area is 283 Å². The summed E-state index contributed by atoms with van der Waals surface area (Å²) in [5, 5.41) is 9.96. The summed E-state index contributed by atoms with van der Waals surface area (Å²) in [6.45, 7) is 0. The fourth-order valence-corrected chi connectivity index (χ4v) is 11.3. The maximum absolute atomic E-state index is 14.1. The minimum atomic E-state index is -0.204. The first kappa shape index (κ1) is 26.9. The number of fused-ring (bicyclic) bond motifs is 11. The molecule has 49 heavy (non-hydrogen) atoms. The molecule has 2 fully saturated rings. The number of carbonyl (C=O) groups is 2. The lowest BCUT2D eigenvalue weighted by Gasteiger charge is -2.19. The molecule has 4 aliphatic carbocycles. The minimum absolute atomic E-state index is 0.204. The van der Waals surface area contributed by atoms with Gasteiger partial charge < -0.3 is 4.40 Å². The van der Waals surface area contributed by atoms with Crippen molar-refractivity contribution in [1.29, 1.82) is 0 Å². The molecular weight excluding hydrogens is 599 g/mol. The summed E-state index contributed by atoms with van der Waals surface area (Å²) >= 11 is 0. The lowest BCUT2D eigenvalue weighted by molar-refractivity contribution is 0.0821. The zero-order chi connectivity index (χ0) is 32.2. The van der Waals surface area contributed by atoms with Gasteiger partial charge in [-0.25, -0.2) is 0 Å². The van der Waals surface area contributed by atoms with E-state index in [-0.39, 0.29) is 10.8 Å². The summed E-state index contributed by atoms with van der Waals surface area (Å²) in [5.41, 5.74) is 9.72. The quantitative estimate of drug-likeness (QED) is 0.169. The third-order valence-electron chi connectivity index (χ3n) is 13.6. The van der Waals surface area contributed by atoms with Crippen molar-refractivity contribution in [3.8, 4) is 11.1 Å². The summed E-state index contributed by atoms with van der Waals surface area (Å²) in [6, 6.07) is 33.9. The fourth-order valence-electron chi connectivity index (χ4n) is 11.3. The van der Waals surface area contributed by atoms with E-state index in [1.807, 2.05) is 0 Å². The number of hydrogen-bond acceptors (Lipinski definition) is 2. The standard InChI is InChI=1S/C46H35NO2/c48-43-34-22-40-36(20-28(34)24-45(43)14-3-4-15-45)38-18-27(31-10-7-11-32-30-9-2-1-8-26(30)12-13-33(31)32)19-39-37-21-29-25-46(16-5-6-17-46)44(49)35(29)23-41(37)47(40)42(38)39/h1-2,7-13,18-23H,3-6,14-17,24-25H2. The third-order valence-corrected chi connectivity index (χ3v) is 13.6. The van der Waals surface area contributed by atoms with Gasteiger partial charge in [0.1, 0.15) is 0 Å². The van der Waals surface area contributed by atoms with Gasteiger partial charge in [-0.15, -0.1) is 0 Å². The zero-order valence-corrected chi connectivity index (χ0v) is 27.5. The number of rotatable bonds is 1. The normalized spacial score (nSPS) is 19.4. The van der Waals surface area contributed by atoms with Crippen LogP contribution in [0.25, 0.3) is 70.8 Å². The SMILES string of the molecule is O=C1c2cc3c(cc2CC12CCCC2)c1cc(-c2cccc4c2ccc2ccccc24)cc2c4cc5c(cc4n3c12)C(=O)C1(CCCC1)C5. The Kier molecular flexibility index (Phi) is 4.91. The van der Waals surface area contributed by atoms with E-state index >= 15 is 0 Å². The number of hydrogen-bond donors (Lipinski definition) is 0. The van der Waals surface area contributed by atoms with Crippen molar-refractivity contribution in [2.24, 2.45) is 10.8 Å². The van der Waals surface area contributed by atoms with Crippen LogP contribution in [0.4, 0.5) is 0 Å². The van der Waals surface area contributed by atoms with Crippen LogP contribution in [0.15, 0.2) is 91.0 Å². The first-order valence-corrected chi connectivity index (χ1v) is 18.4. The molecule has 2 heterocycles. The van der Waals surface area contributed by atoms with Gasteiger partial charge in [0.05, 0.1) is 16.6 Å². The number of nitrogens with zero attached hydrogens (tertiary/aromatic N) is 1. The van der Waals surface area contributed by atoms with E-state index in [0.29, 0.717) is 11.6 Å². The summed E-state index contributed by atoms with van der Waals surface area (Å²) < 4.78 is 2.40. The summed E-state index contributed by atoms with van der Waals surface area (Å²) in [4.78, 5) is 28.2. The highest BCUT2D eigenvalue weighted by Gasteiger charge is 2.48. The molecule has 8 aromatic rings. The van der Waals surface area contributed by atoms with Crippen molar-refractivity contribution < 1.29 is 9.59 Å². The van der Waals surface area contributed by atoms with E-state index in [2.05, 4.69) is 95.4 Å². The van der Waals surface area contributed by atoms with Gasteiger partial charge in [0.15, 0.2) is 11.6 Å². The smallest absolute Gasteiger partial charge is 0.169 e. The van der Waals surface area contributed by atoms with Crippen LogP contribution in [-0.4, -0.2) is 16.0 Å². The maximum Gasteiger partial charge on any atom is 0.169 e. The van der Waals surface area contributed by atoms with Crippen LogP contribution < -0.4 is 0 Å². The Morgan fingerprint density at radius 3 is 1.65 bits per heavy atom. The van der Waals surface area contributed by atoms with E-state index in [0.717, 1.165) is 86.4 Å². The molecule has 0 unspecified atom stereocenters. The first-order chi connectivity index (χ1) is 24.0. The number of ketones is 2. The van der Waals surface area contributed by atoms with Gasteiger partial charge in [-0.2, -0.15) is 0 Å². The van der Waals surface area contributed by atoms with Crippen LogP contribution in [-0.2, 0) is 12.8 Å². The van der Waals surface area contributed by atoms with Gasteiger partial charge in [0, 0.05) is 43.5 Å². The van der Waals surface area contributed by atoms with E-state index in [1.54, 1.807) is 0 Å². The van der Waals surface area contributed by atoms with Gasteiger partial charge in [-0.3, -0.25) is 9.59 Å². The van der Waals surface area contributed by atoms with Crippen molar-refractivity contribution in [3.05, 3.63) is 113 Å². The lowest BCUT2D eigenvalue weighted by atomic mass is 9.82. The highest BCUT2D eigenvalue weighted by Crippen LogP contribution is 2.53. The number of aromatic nitrogens is 1. The average molecular weight is 634 g/mol. The van der Waals surface area contributed by atoms with E-state index < -0.39 is 0 Å². The van der Waals surface area contributed by atoms with Crippen LogP contribution in [0.3, 0.4) is 0 Å². The molecule has 3 nitrogen and oxygen atoms in total. The second-order valence-electron chi connectivity index (χ2n) is 16.0. The summed E-state index contributed by atoms with van der Waals surface area (Å²) in [7, 11) is 0. The molecule has 0 bridgehead atoms. The van der Waals surface area contributed by atoms with E-state index in [1.165, 1.54) is 70.9 Å². The summed E-state index contributed by atoms with van der Waals surface area (Å²) in [6.07, 6.45) is 10.4. The molecule has 2 saturated carbocycles. The Balaban J connectivity index is 1.19. The second-order valence-corrected chi connectivity index (χ2v) is 16.0. The molecule has 2 spiro atoms. The van der Waals surface area contributed by atoms with Gasteiger partial charge in [0.25, 0.3) is 0 Å². The van der Waals surface area contributed by atoms with Crippen molar-refractivity contribution in [1.82, 2.24) is 4.40 Å². The van der Waals surface area contributed by atoms with Gasteiger partial charge in [0.2, 0.25) is 0 Å². The molecule has 0 radical (unpaired) electrons. The van der Waals surface area contributed by atoms with Crippen molar-refractivity contribution >= 4 is 71.2 Å². The number of benzene rings is 6. The van der Waals surface area contributed by atoms with E-state index in [4.69, 9.17) is 0 Å². The third kappa shape index (κ3) is 3.25. The zero-order valence-electron chi connectivity index (χ0n) is 27.5. The van der Waals surface area contributed by atoms with Gasteiger partial charge in [-0.05, 0) is 119 Å². The van der Waals surface area contributed by atoms with Gasteiger partial charge >= 0.3 is 0 Å². The largest absolute Gasteiger partial charge is 0.308 e. The molecule has 2 aromatic heterocycles. The van der Waals surface area contributed by atoms with Crippen LogP contribution >= 0.6 is 0 Å². The Morgan fingerprint density at radius 2 is 1.04 bits per heavy atom. The fraction of sp³-hybridized carbons (Fsp3) is 0.261. The molecular formula is C46H35NO2. The predicted molar refractivity (Wildman–Crippen MR) is 199 cm³/mol. The number of carbonyl (C=O) groups excluding carboxylic acids is 2. The molecule has 0 amide bonds. The Bertz CT molecular complexity index is 2690. The molecule has 4 aliphatic rings. The number of Topliss-reactive ketones (excluding diaryl/α,β-unsaturated/α-hetero) is 2. The highest BCUT2D eigenvalue weighted by atomic mass is 16.1. The monoisotopic (exact) mass is 633 g/mol.